The van der Waals surface area contributed by atoms with Crippen LogP contribution in [0, 0.1) is 18.7 Å². The van der Waals surface area contributed by atoms with E-state index >= 15 is 0 Å². The normalized spacial score (nSPS) is 30.7. The maximum atomic E-state index is 13.6. The van der Waals surface area contributed by atoms with Crippen molar-refractivity contribution in [2.75, 3.05) is 23.7 Å². The van der Waals surface area contributed by atoms with Crippen LogP contribution in [-0.4, -0.2) is 24.0 Å². The summed E-state index contributed by atoms with van der Waals surface area (Å²) in [6, 6.07) is 21.8. The Kier molecular flexibility index (Phi) is 5.58. The van der Waals surface area contributed by atoms with Crippen molar-refractivity contribution in [3.8, 4) is 0 Å². The second kappa shape index (κ2) is 8.87. The average molecular weight is 496 g/mol. The maximum absolute atomic E-state index is 13.6. The molecule has 2 aliphatic heterocycles. The minimum Gasteiger partial charge on any atom is -0.360 e. The highest BCUT2D eigenvalue weighted by molar-refractivity contribution is 5.75. The lowest BCUT2D eigenvalue weighted by atomic mass is 9.67. The lowest BCUT2D eigenvalue weighted by Crippen LogP contribution is -2.50. The van der Waals surface area contributed by atoms with Gasteiger partial charge in [0.15, 0.2) is 0 Å². The molecule has 1 spiro atoms. The zero-order valence-corrected chi connectivity index (χ0v) is 22.1. The summed E-state index contributed by atoms with van der Waals surface area (Å²) < 4.78 is 13.6. The van der Waals surface area contributed by atoms with Crippen LogP contribution in [0.2, 0.25) is 0 Å². The molecule has 5 unspecified atom stereocenters. The van der Waals surface area contributed by atoms with Gasteiger partial charge in [-0.25, -0.2) is 4.39 Å². The molecule has 192 valence electrons. The summed E-state index contributed by atoms with van der Waals surface area (Å²) in [4.78, 5) is 2.84. The Morgan fingerprint density at radius 3 is 2.68 bits per heavy atom. The number of aryl methyl sites for hydroxylation is 2. The van der Waals surface area contributed by atoms with Gasteiger partial charge in [0, 0.05) is 18.0 Å². The van der Waals surface area contributed by atoms with E-state index in [-0.39, 0.29) is 12.0 Å². The maximum Gasteiger partial charge on any atom is 0.125 e. The van der Waals surface area contributed by atoms with Crippen molar-refractivity contribution in [3.63, 3.8) is 0 Å². The highest BCUT2D eigenvalue weighted by atomic mass is 19.1. The van der Waals surface area contributed by atoms with E-state index in [1.54, 1.807) is 17.2 Å². The average Bonchev–Trinajstić information content (AvgIpc) is 3.64. The monoisotopic (exact) mass is 495 g/mol. The Morgan fingerprint density at radius 2 is 1.81 bits per heavy atom. The molecule has 37 heavy (non-hydrogen) atoms. The fraction of sp³-hybridized carbons (Fsp3) is 0.455. The van der Waals surface area contributed by atoms with Crippen molar-refractivity contribution >= 4 is 11.4 Å². The molecule has 0 aromatic heterocycles. The van der Waals surface area contributed by atoms with Gasteiger partial charge < -0.3 is 15.5 Å². The Hall–Kier alpha value is -2.85. The van der Waals surface area contributed by atoms with E-state index < -0.39 is 0 Å². The van der Waals surface area contributed by atoms with E-state index in [9.17, 15) is 4.39 Å². The largest absolute Gasteiger partial charge is 0.360 e. The van der Waals surface area contributed by atoms with Gasteiger partial charge in [0.05, 0.1) is 11.4 Å². The van der Waals surface area contributed by atoms with Crippen LogP contribution >= 0.6 is 0 Å². The second-order valence-electron chi connectivity index (χ2n) is 12.2. The third-order valence-electron chi connectivity index (χ3n) is 10.3. The van der Waals surface area contributed by atoms with Crippen molar-refractivity contribution in [2.45, 2.75) is 75.9 Å². The number of nitrogens with zero attached hydrogens (tertiary/aromatic N) is 1. The van der Waals surface area contributed by atoms with E-state index in [0.29, 0.717) is 23.3 Å². The van der Waals surface area contributed by atoms with E-state index in [2.05, 4.69) is 71.8 Å². The standard InChI is InChI=1S/C33H38FN3/c1-21-17-25(32-35-30-12-9-26(34)19-31(30)36-32)8-11-28(21)24-7-10-27(18-24)37-16-15-33(22(2)20-37)14-13-23-5-3-4-6-29(23)33/h3-6,8-9,11-12,17,19,22,24,27,32,35-36H,7,10,13-16,18,20H2,1-2H3. The predicted octanol–water partition coefficient (Wildman–Crippen LogP) is 7.53. The van der Waals surface area contributed by atoms with Crippen molar-refractivity contribution < 1.29 is 4.39 Å². The lowest BCUT2D eigenvalue weighted by molar-refractivity contribution is 0.0682. The van der Waals surface area contributed by atoms with E-state index in [1.165, 1.54) is 74.4 Å². The number of benzene rings is 3. The first kappa shape index (κ1) is 23.3. The van der Waals surface area contributed by atoms with Gasteiger partial charge >= 0.3 is 0 Å². The Bertz CT molecular complexity index is 1330. The van der Waals surface area contributed by atoms with Crippen LogP contribution in [0.1, 0.15) is 78.9 Å². The van der Waals surface area contributed by atoms with Crippen LogP contribution in [0.5, 0.6) is 0 Å². The van der Waals surface area contributed by atoms with Crippen molar-refractivity contribution in [1.29, 1.82) is 0 Å². The first-order valence-electron chi connectivity index (χ1n) is 14.3. The molecule has 2 aliphatic carbocycles. The molecule has 1 saturated carbocycles. The Morgan fingerprint density at radius 1 is 0.946 bits per heavy atom. The highest BCUT2D eigenvalue weighted by Crippen LogP contribution is 2.50. The molecule has 5 atom stereocenters. The summed E-state index contributed by atoms with van der Waals surface area (Å²) in [5.41, 5.74) is 9.56. The molecule has 0 bridgehead atoms. The van der Waals surface area contributed by atoms with Gasteiger partial charge in [-0.05, 0) is 110 Å². The van der Waals surface area contributed by atoms with Crippen LogP contribution in [-0.2, 0) is 11.8 Å². The van der Waals surface area contributed by atoms with E-state index in [1.807, 2.05) is 6.07 Å². The van der Waals surface area contributed by atoms with Crippen molar-refractivity contribution in [2.24, 2.45) is 5.92 Å². The van der Waals surface area contributed by atoms with Gasteiger partial charge in [-0.15, -0.1) is 0 Å². The molecule has 3 aromatic rings. The first-order chi connectivity index (χ1) is 18.0. The van der Waals surface area contributed by atoms with Crippen LogP contribution < -0.4 is 10.6 Å². The molecule has 4 aliphatic rings. The number of hydrogen-bond donors (Lipinski definition) is 2. The summed E-state index contributed by atoms with van der Waals surface area (Å²) in [5.74, 6) is 1.16. The molecule has 3 nitrogen and oxygen atoms in total. The number of nitrogens with one attached hydrogen (secondary N) is 2. The van der Waals surface area contributed by atoms with E-state index in [4.69, 9.17) is 0 Å². The SMILES string of the molecule is Cc1cc(C2Nc3ccc(F)cc3N2)ccc1C1CCC(N2CCC3(CCc4ccccc43)C(C)C2)C1. The molecule has 2 heterocycles. The Labute approximate surface area is 220 Å². The van der Waals surface area contributed by atoms with E-state index in [0.717, 1.165) is 11.4 Å². The van der Waals surface area contributed by atoms with Crippen LogP contribution in [0.4, 0.5) is 15.8 Å². The second-order valence-corrected chi connectivity index (χ2v) is 12.2. The zero-order valence-electron chi connectivity index (χ0n) is 22.1. The summed E-state index contributed by atoms with van der Waals surface area (Å²) in [7, 11) is 0. The molecule has 0 amide bonds. The minimum absolute atomic E-state index is 0.0104. The number of likely N-dealkylation sites (tertiary alicyclic amines) is 1. The molecule has 7 rings (SSSR count). The first-order valence-corrected chi connectivity index (χ1v) is 14.3. The molecule has 3 aromatic carbocycles. The smallest absolute Gasteiger partial charge is 0.125 e. The quantitative estimate of drug-likeness (QED) is 0.393. The van der Waals surface area contributed by atoms with Gasteiger partial charge in [-0.2, -0.15) is 0 Å². The molecule has 2 fully saturated rings. The third kappa shape index (κ3) is 3.87. The fourth-order valence-corrected chi connectivity index (χ4v) is 8.21. The highest BCUT2D eigenvalue weighted by Gasteiger charge is 2.47. The molecule has 1 saturated heterocycles. The summed E-state index contributed by atoms with van der Waals surface area (Å²) in [6.45, 7) is 7.26. The number of anilines is 2. The molecule has 2 N–H and O–H groups in total. The van der Waals surface area contributed by atoms with Gasteiger partial charge in [0.1, 0.15) is 12.0 Å². The van der Waals surface area contributed by atoms with Gasteiger partial charge in [0.25, 0.3) is 0 Å². The predicted molar refractivity (Wildman–Crippen MR) is 150 cm³/mol. The molecule has 0 radical (unpaired) electrons. The molecular formula is C33H38FN3. The zero-order chi connectivity index (χ0) is 25.1. The van der Waals surface area contributed by atoms with Gasteiger partial charge in [-0.1, -0.05) is 49.4 Å². The molecular weight excluding hydrogens is 457 g/mol. The van der Waals surface area contributed by atoms with Crippen molar-refractivity contribution in [1.82, 2.24) is 4.90 Å². The fourth-order valence-electron chi connectivity index (χ4n) is 8.21. The Balaban J connectivity index is 1.01. The number of hydrogen-bond acceptors (Lipinski definition) is 3. The number of rotatable bonds is 3. The van der Waals surface area contributed by atoms with Crippen LogP contribution in [0.15, 0.2) is 60.7 Å². The van der Waals surface area contributed by atoms with Crippen LogP contribution in [0.3, 0.4) is 0 Å². The third-order valence-corrected chi connectivity index (χ3v) is 10.3. The van der Waals surface area contributed by atoms with Crippen LogP contribution in [0.25, 0.3) is 0 Å². The van der Waals surface area contributed by atoms with Crippen molar-refractivity contribution in [3.05, 3.63) is 94.3 Å². The lowest BCUT2D eigenvalue weighted by Gasteiger charge is -2.47. The van der Waals surface area contributed by atoms with Gasteiger partial charge in [-0.3, -0.25) is 0 Å². The number of fused-ring (bicyclic) bond motifs is 3. The number of halogens is 1. The minimum atomic E-state index is -0.206. The number of piperidine rings is 1. The molecule has 4 heteroatoms. The summed E-state index contributed by atoms with van der Waals surface area (Å²) in [6.07, 6.45) is 7.78. The van der Waals surface area contributed by atoms with Gasteiger partial charge in [0.2, 0.25) is 0 Å². The summed E-state index contributed by atoms with van der Waals surface area (Å²) in [5, 5.41) is 6.92. The topological polar surface area (TPSA) is 27.3 Å². The summed E-state index contributed by atoms with van der Waals surface area (Å²) >= 11 is 0.